The van der Waals surface area contributed by atoms with Gasteiger partial charge in [-0.3, -0.25) is 0 Å². The van der Waals surface area contributed by atoms with Crippen molar-refractivity contribution >= 4 is 17.3 Å². The summed E-state index contributed by atoms with van der Waals surface area (Å²) in [6.45, 7) is 0. The minimum Gasteiger partial charge on any atom is -0.396 e. The Bertz CT molecular complexity index is 437. The van der Waals surface area contributed by atoms with E-state index in [1.807, 2.05) is 0 Å². The third-order valence-corrected chi connectivity index (χ3v) is 1.65. The van der Waals surface area contributed by atoms with E-state index in [2.05, 4.69) is 11.8 Å². The van der Waals surface area contributed by atoms with E-state index in [-0.39, 0.29) is 16.3 Å². The van der Waals surface area contributed by atoms with Crippen LogP contribution >= 0.6 is 11.6 Å². The van der Waals surface area contributed by atoms with Crippen LogP contribution in [0.15, 0.2) is 12.1 Å². The second-order valence-corrected chi connectivity index (χ2v) is 2.62. The van der Waals surface area contributed by atoms with E-state index in [1.54, 1.807) is 6.07 Å². The largest absolute Gasteiger partial charge is 0.396 e. The van der Waals surface area contributed by atoms with Gasteiger partial charge in [0.05, 0.1) is 10.7 Å². The maximum absolute atomic E-state index is 12.9. The van der Waals surface area contributed by atoms with Gasteiger partial charge in [0.2, 0.25) is 0 Å². The topological polar surface area (TPSA) is 49.8 Å². The summed E-state index contributed by atoms with van der Waals surface area (Å²) in [7, 11) is 0. The molecule has 13 heavy (non-hydrogen) atoms. The van der Waals surface area contributed by atoms with Crippen molar-refractivity contribution < 1.29 is 4.39 Å². The van der Waals surface area contributed by atoms with Gasteiger partial charge in [0.25, 0.3) is 0 Å². The van der Waals surface area contributed by atoms with Crippen LogP contribution < -0.4 is 5.73 Å². The summed E-state index contributed by atoms with van der Waals surface area (Å²) in [5, 5.41) is 8.39. The van der Waals surface area contributed by atoms with Crippen LogP contribution in [0.2, 0.25) is 5.02 Å². The number of nitriles is 1. The third-order valence-electron chi connectivity index (χ3n) is 1.34. The van der Waals surface area contributed by atoms with Gasteiger partial charge in [-0.1, -0.05) is 11.6 Å². The molecular formula is C9H4ClFN2. The van der Waals surface area contributed by atoms with Crippen molar-refractivity contribution in [2.45, 2.75) is 0 Å². The van der Waals surface area contributed by atoms with Crippen molar-refractivity contribution in [3.63, 3.8) is 0 Å². The van der Waals surface area contributed by atoms with E-state index >= 15 is 0 Å². The number of hydrogen-bond acceptors (Lipinski definition) is 2. The van der Waals surface area contributed by atoms with Crippen molar-refractivity contribution in [3.8, 4) is 17.9 Å². The molecule has 0 atom stereocenters. The molecule has 2 N–H and O–H groups in total. The van der Waals surface area contributed by atoms with Crippen LogP contribution in [0, 0.1) is 29.0 Å². The number of rotatable bonds is 0. The van der Waals surface area contributed by atoms with E-state index in [9.17, 15) is 4.39 Å². The summed E-state index contributed by atoms with van der Waals surface area (Å²) in [4.78, 5) is 0. The van der Waals surface area contributed by atoms with Crippen molar-refractivity contribution in [1.29, 1.82) is 5.26 Å². The molecular weight excluding hydrogens is 191 g/mol. The van der Waals surface area contributed by atoms with Crippen LogP contribution in [0.25, 0.3) is 0 Å². The highest BCUT2D eigenvalue weighted by molar-refractivity contribution is 6.32. The first-order chi connectivity index (χ1) is 6.15. The summed E-state index contributed by atoms with van der Waals surface area (Å²) in [6, 6.07) is 3.97. The molecule has 0 spiro atoms. The first-order valence-corrected chi connectivity index (χ1v) is 3.67. The second kappa shape index (κ2) is 3.80. The van der Waals surface area contributed by atoms with Crippen LogP contribution in [0.4, 0.5) is 10.1 Å². The summed E-state index contributed by atoms with van der Waals surface area (Å²) < 4.78 is 12.9. The minimum absolute atomic E-state index is 0.0347. The van der Waals surface area contributed by atoms with E-state index in [0.29, 0.717) is 0 Å². The fourth-order valence-electron chi connectivity index (χ4n) is 0.753. The molecule has 0 fully saturated rings. The molecule has 1 rings (SSSR count). The summed E-state index contributed by atoms with van der Waals surface area (Å²) in [5.41, 5.74) is 5.47. The zero-order valence-corrected chi connectivity index (χ0v) is 7.19. The van der Waals surface area contributed by atoms with Gasteiger partial charge in [-0.2, -0.15) is 5.26 Å². The van der Waals surface area contributed by atoms with E-state index < -0.39 is 5.82 Å². The SMILES string of the molecule is N#CC#Cc1cc(F)c(N)cc1Cl. The van der Waals surface area contributed by atoms with Crippen molar-refractivity contribution in [2.75, 3.05) is 5.73 Å². The van der Waals surface area contributed by atoms with E-state index in [4.69, 9.17) is 22.6 Å². The molecule has 0 radical (unpaired) electrons. The molecule has 0 saturated carbocycles. The van der Waals surface area contributed by atoms with Crippen LogP contribution in [0.5, 0.6) is 0 Å². The first kappa shape index (κ1) is 9.38. The molecule has 64 valence electrons. The molecule has 1 aromatic rings. The lowest BCUT2D eigenvalue weighted by molar-refractivity contribution is 0.632. The van der Waals surface area contributed by atoms with E-state index in [1.165, 1.54) is 6.07 Å². The van der Waals surface area contributed by atoms with Gasteiger partial charge in [0.1, 0.15) is 5.82 Å². The maximum Gasteiger partial charge on any atom is 0.152 e. The Hall–Kier alpha value is -1.71. The Morgan fingerprint density at radius 3 is 2.77 bits per heavy atom. The molecule has 4 heteroatoms. The number of anilines is 1. The fourth-order valence-corrected chi connectivity index (χ4v) is 0.973. The Morgan fingerprint density at radius 1 is 1.46 bits per heavy atom. The first-order valence-electron chi connectivity index (χ1n) is 3.29. The summed E-state index contributed by atoms with van der Waals surface area (Å²) >= 11 is 5.68. The van der Waals surface area contributed by atoms with Crippen LogP contribution in [0.3, 0.4) is 0 Å². The molecule has 0 unspecified atom stereocenters. The highest BCUT2D eigenvalue weighted by Crippen LogP contribution is 2.21. The van der Waals surface area contributed by atoms with Gasteiger partial charge in [0.15, 0.2) is 6.07 Å². The number of nitrogens with two attached hydrogens (primary N) is 1. The lowest BCUT2D eigenvalue weighted by Crippen LogP contribution is -1.91. The second-order valence-electron chi connectivity index (χ2n) is 2.22. The monoisotopic (exact) mass is 194 g/mol. The highest BCUT2D eigenvalue weighted by atomic mass is 35.5. The average Bonchev–Trinajstić information content (AvgIpc) is 2.09. The van der Waals surface area contributed by atoms with Gasteiger partial charge in [0, 0.05) is 11.5 Å². The zero-order chi connectivity index (χ0) is 9.84. The predicted molar refractivity (Wildman–Crippen MR) is 48.3 cm³/mol. The minimum atomic E-state index is -0.591. The van der Waals surface area contributed by atoms with Crippen molar-refractivity contribution in [3.05, 3.63) is 28.5 Å². The number of halogens is 2. The summed E-state index contributed by atoms with van der Waals surface area (Å²) in [6.07, 6.45) is 0. The normalized spacial score (nSPS) is 8.38. The molecule has 0 amide bonds. The van der Waals surface area contributed by atoms with Gasteiger partial charge in [-0.15, -0.1) is 0 Å². The Balaban J connectivity index is 3.25. The molecule has 0 bridgehead atoms. The predicted octanol–water partition coefficient (Wildman–Crippen LogP) is 1.94. The van der Waals surface area contributed by atoms with Gasteiger partial charge < -0.3 is 5.73 Å². The Kier molecular flexibility index (Phi) is 2.74. The van der Waals surface area contributed by atoms with Crippen LogP contribution in [0.1, 0.15) is 5.56 Å². The van der Waals surface area contributed by atoms with Gasteiger partial charge >= 0.3 is 0 Å². The molecule has 0 heterocycles. The number of nitrogen functional groups attached to an aromatic ring is 1. The molecule has 1 aromatic carbocycles. The highest BCUT2D eigenvalue weighted by Gasteiger charge is 2.03. The van der Waals surface area contributed by atoms with E-state index in [0.717, 1.165) is 6.07 Å². The molecule has 0 aliphatic rings. The Labute approximate surface area is 79.7 Å². The molecule has 0 aliphatic heterocycles. The average molecular weight is 195 g/mol. The number of nitrogens with zero attached hydrogens (tertiary/aromatic N) is 1. The van der Waals surface area contributed by atoms with Gasteiger partial charge in [-0.25, -0.2) is 4.39 Å². The fraction of sp³-hybridized carbons (Fsp3) is 0. The lowest BCUT2D eigenvalue weighted by atomic mass is 10.2. The van der Waals surface area contributed by atoms with Gasteiger partial charge in [-0.05, 0) is 18.1 Å². The zero-order valence-electron chi connectivity index (χ0n) is 6.44. The third kappa shape index (κ3) is 2.11. The quantitative estimate of drug-likeness (QED) is 0.507. The standard InChI is InChI=1S/C9H4ClFN2/c10-7-5-9(13)8(11)4-6(7)2-1-3-12/h4-5H,13H2. The summed E-state index contributed by atoms with van der Waals surface area (Å²) in [5.74, 6) is 3.92. The van der Waals surface area contributed by atoms with Crippen LogP contribution in [-0.2, 0) is 0 Å². The number of benzene rings is 1. The molecule has 0 saturated heterocycles. The molecule has 2 nitrogen and oxygen atoms in total. The smallest absolute Gasteiger partial charge is 0.152 e. The maximum atomic E-state index is 12.9. The lowest BCUT2D eigenvalue weighted by Gasteiger charge is -1.99. The van der Waals surface area contributed by atoms with Crippen molar-refractivity contribution in [2.24, 2.45) is 0 Å². The molecule has 0 aromatic heterocycles. The number of hydrogen-bond donors (Lipinski definition) is 1. The van der Waals surface area contributed by atoms with Crippen LogP contribution in [-0.4, -0.2) is 0 Å². The van der Waals surface area contributed by atoms with Crippen molar-refractivity contribution in [1.82, 2.24) is 0 Å². The Morgan fingerprint density at radius 2 is 2.15 bits per heavy atom. The molecule has 0 aliphatic carbocycles.